The lowest BCUT2D eigenvalue weighted by atomic mass is 9.96. The first-order chi connectivity index (χ1) is 9.57. The zero-order chi connectivity index (χ0) is 14.2. The van der Waals surface area contributed by atoms with Gasteiger partial charge in [-0.25, -0.2) is 0 Å². The van der Waals surface area contributed by atoms with Gasteiger partial charge in [0.15, 0.2) is 5.12 Å². The Morgan fingerprint density at radius 3 is 2.75 bits per heavy atom. The molecule has 0 bridgehead atoms. The summed E-state index contributed by atoms with van der Waals surface area (Å²) in [6.45, 7) is 3.72. The topological polar surface area (TPSA) is 17.1 Å². The predicted octanol–water partition coefficient (Wildman–Crippen LogP) is 4.20. The minimum atomic E-state index is 0.0896. The van der Waals surface area contributed by atoms with E-state index in [1.54, 1.807) is 6.92 Å². The maximum atomic E-state index is 11.0. The summed E-state index contributed by atoms with van der Waals surface area (Å²) < 4.78 is 0. The van der Waals surface area contributed by atoms with E-state index in [1.165, 1.54) is 17.3 Å². The number of fused-ring (bicyclic) bond motifs is 1. The largest absolute Gasteiger partial charge is 0.287 e. The lowest BCUT2D eigenvalue weighted by molar-refractivity contribution is -0.109. The molecule has 2 atom stereocenters. The molecule has 0 amide bonds. The number of hydrogen-bond donors (Lipinski definition) is 0. The molecule has 1 aromatic carbocycles. The van der Waals surface area contributed by atoms with Crippen LogP contribution in [-0.4, -0.2) is 5.12 Å². The van der Waals surface area contributed by atoms with Gasteiger partial charge in [-0.2, -0.15) is 0 Å². The van der Waals surface area contributed by atoms with Crippen molar-refractivity contribution in [3.05, 3.63) is 53.6 Å². The highest BCUT2D eigenvalue weighted by Crippen LogP contribution is 2.56. The maximum absolute atomic E-state index is 11.0. The first-order valence-electron chi connectivity index (χ1n) is 6.77. The molecule has 2 aliphatic carbocycles. The monoisotopic (exact) mass is 280 g/mol. The van der Waals surface area contributed by atoms with E-state index in [0.717, 1.165) is 16.9 Å². The molecule has 20 heavy (non-hydrogen) atoms. The quantitative estimate of drug-likeness (QED) is 0.566. The molecule has 1 fully saturated rings. The molecule has 1 nitrogen and oxygen atoms in total. The fraction of sp³-hybridized carbons (Fsp3) is 0.278. The van der Waals surface area contributed by atoms with Crippen molar-refractivity contribution in [3.8, 4) is 11.8 Å². The van der Waals surface area contributed by atoms with Gasteiger partial charge < -0.3 is 0 Å². The molecule has 2 heteroatoms. The lowest BCUT2D eigenvalue weighted by Crippen LogP contribution is -1.99. The van der Waals surface area contributed by atoms with Crippen molar-refractivity contribution >= 4 is 16.9 Å². The Kier molecular flexibility index (Phi) is 3.31. The van der Waals surface area contributed by atoms with Crippen molar-refractivity contribution in [2.45, 2.75) is 25.2 Å². The molecule has 2 unspecified atom stereocenters. The third-order valence-electron chi connectivity index (χ3n) is 3.72. The van der Waals surface area contributed by atoms with Crippen LogP contribution < -0.4 is 0 Å². The molecule has 3 rings (SSSR count). The van der Waals surface area contributed by atoms with Crippen LogP contribution in [0.25, 0.3) is 0 Å². The zero-order valence-electron chi connectivity index (χ0n) is 11.6. The molecule has 2 aliphatic rings. The summed E-state index contributed by atoms with van der Waals surface area (Å²) in [6.07, 6.45) is 7.89. The second kappa shape index (κ2) is 5.00. The first-order valence-corrected chi connectivity index (χ1v) is 7.58. The van der Waals surface area contributed by atoms with Crippen molar-refractivity contribution < 1.29 is 4.79 Å². The van der Waals surface area contributed by atoms with Crippen molar-refractivity contribution in [1.29, 1.82) is 0 Å². The Balaban J connectivity index is 1.73. The van der Waals surface area contributed by atoms with Gasteiger partial charge in [0.2, 0.25) is 0 Å². The summed E-state index contributed by atoms with van der Waals surface area (Å²) in [5.41, 5.74) is 2.44. The summed E-state index contributed by atoms with van der Waals surface area (Å²) in [5.74, 6) is 7.29. The molecule has 100 valence electrons. The molecule has 0 aliphatic heterocycles. The Bertz CT molecular complexity index is 670. The molecule has 0 N–H and O–H groups in total. The lowest BCUT2D eigenvalue weighted by Gasteiger charge is -2.07. The summed E-state index contributed by atoms with van der Waals surface area (Å²) in [6, 6.07) is 7.89. The average molecular weight is 280 g/mol. The molecular formula is C18H16OS. The number of thioether (sulfide) groups is 1. The van der Waals surface area contributed by atoms with Gasteiger partial charge in [0, 0.05) is 17.4 Å². The number of rotatable bonds is 1. The SMILES string of the molecule is CC(=O)Sc1ccc(C#CC23C=CC(C)=CC2C3)cc1. The van der Waals surface area contributed by atoms with Crippen molar-refractivity contribution in [2.24, 2.45) is 11.3 Å². The highest BCUT2D eigenvalue weighted by Gasteiger charge is 2.50. The van der Waals surface area contributed by atoms with Gasteiger partial charge in [-0.1, -0.05) is 47.4 Å². The van der Waals surface area contributed by atoms with Gasteiger partial charge in [-0.05, 0) is 43.5 Å². The van der Waals surface area contributed by atoms with Crippen molar-refractivity contribution in [3.63, 3.8) is 0 Å². The van der Waals surface area contributed by atoms with Crippen LogP contribution in [0, 0.1) is 23.2 Å². The van der Waals surface area contributed by atoms with Gasteiger partial charge in [0.1, 0.15) is 0 Å². The van der Waals surface area contributed by atoms with Gasteiger partial charge >= 0.3 is 0 Å². The van der Waals surface area contributed by atoms with E-state index in [9.17, 15) is 4.79 Å². The summed E-state index contributed by atoms with van der Waals surface area (Å²) in [7, 11) is 0. The van der Waals surface area contributed by atoms with Crippen LogP contribution in [-0.2, 0) is 4.79 Å². The zero-order valence-corrected chi connectivity index (χ0v) is 12.5. The fourth-order valence-corrected chi connectivity index (χ4v) is 3.11. The van der Waals surface area contributed by atoms with Gasteiger partial charge in [-0.3, -0.25) is 4.79 Å². The minimum absolute atomic E-state index is 0.0896. The first kappa shape index (κ1) is 13.3. The smallest absolute Gasteiger partial charge is 0.190 e. The molecule has 0 spiro atoms. The van der Waals surface area contributed by atoms with Crippen LogP contribution in [0.1, 0.15) is 25.8 Å². The van der Waals surface area contributed by atoms with Crippen molar-refractivity contribution in [2.75, 3.05) is 0 Å². The average Bonchev–Trinajstić information content (AvgIpc) is 3.11. The van der Waals surface area contributed by atoms with Gasteiger partial charge in [0.25, 0.3) is 0 Å². The van der Waals surface area contributed by atoms with Gasteiger partial charge in [-0.15, -0.1) is 0 Å². The molecule has 0 heterocycles. The second-order valence-electron chi connectivity index (χ2n) is 5.46. The molecule has 0 radical (unpaired) electrons. The molecule has 1 saturated carbocycles. The second-order valence-corrected chi connectivity index (χ2v) is 6.71. The summed E-state index contributed by atoms with van der Waals surface area (Å²) >= 11 is 1.25. The Hall–Kier alpha value is -1.72. The minimum Gasteiger partial charge on any atom is -0.287 e. The number of carbonyl (C=O) groups is 1. The number of benzene rings is 1. The van der Waals surface area contributed by atoms with Crippen LogP contribution in [0.3, 0.4) is 0 Å². The highest BCUT2D eigenvalue weighted by atomic mass is 32.2. The number of carbonyl (C=O) groups excluding carboxylic acids is 1. The van der Waals surface area contributed by atoms with E-state index in [4.69, 9.17) is 0 Å². The number of hydrogen-bond acceptors (Lipinski definition) is 2. The Morgan fingerprint density at radius 1 is 1.35 bits per heavy atom. The third-order valence-corrected chi connectivity index (χ3v) is 4.52. The molecule has 0 saturated heterocycles. The van der Waals surface area contributed by atoms with E-state index >= 15 is 0 Å². The van der Waals surface area contributed by atoms with E-state index in [1.807, 2.05) is 24.3 Å². The number of allylic oxidation sites excluding steroid dienone is 4. The van der Waals surface area contributed by atoms with Gasteiger partial charge in [0.05, 0.1) is 5.41 Å². The molecule has 1 aromatic rings. The fourth-order valence-electron chi connectivity index (χ4n) is 2.50. The van der Waals surface area contributed by atoms with Crippen LogP contribution in [0.2, 0.25) is 0 Å². The predicted molar refractivity (Wildman–Crippen MR) is 83.3 cm³/mol. The van der Waals surface area contributed by atoms with E-state index in [-0.39, 0.29) is 10.5 Å². The Labute approximate surface area is 124 Å². The van der Waals surface area contributed by atoms with E-state index in [0.29, 0.717) is 5.92 Å². The maximum Gasteiger partial charge on any atom is 0.190 e. The van der Waals surface area contributed by atoms with Crippen molar-refractivity contribution in [1.82, 2.24) is 0 Å². The van der Waals surface area contributed by atoms with E-state index in [2.05, 4.69) is 37.0 Å². The third kappa shape index (κ3) is 2.73. The van der Waals surface area contributed by atoms with E-state index < -0.39 is 0 Å². The normalized spacial score (nSPS) is 26.1. The van der Waals surface area contributed by atoms with Crippen LogP contribution in [0.4, 0.5) is 0 Å². The van der Waals surface area contributed by atoms with Crippen LogP contribution in [0.5, 0.6) is 0 Å². The standard InChI is InChI=1S/C18H16OS/c1-13-7-9-18(12-16(18)11-13)10-8-15-3-5-17(6-4-15)20-14(2)19/h3-7,9,11,16H,12H2,1-2H3. The molecular weight excluding hydrogens is 264 g/mol. The summed E-state index contributed by atoms with van der Waals surface area (Å²) in [4.78, 5) is 12.0. The van der Waals surface area contributed by atoms with Crippen LogP contribution >= 0.6 is 11.8 Å². The Morgan fingerprint density at radius 2 is 2.10 bits per heavy atom. The highest BCUT2D eigenvalue weighted by molar-refractivity contribution is 8.13. The molecule has 0 aromatic heterocycles. The summed E-state index contributed by atoms with van der Waals surface area (Å²) in [5, 5.41) is 0.109. The van der Waals surface area contributed by atoms with Crippen LogP contribution in [0.15, 0.2) is 53.0 Å².